The van der Waals surface area contributed by atoms with Gasteiger partial charge in [-0.1, -0.05) is 0 Å². The van der Waals surface area contributed by atoms with Gasteiger partial charge in [-0.05, 0) is 6.07 Å². The predicted molar refractivity (Wildman–Crippen MR) is 70.4 cm³/mol. The van der Waals surface area contributed by atoms with Crippen molar-refractivity contribution in [2.24, 2.45) is 0 Å². The molecule has 0 amide bonds. The Kier molecular flexibility index (Phi) is 4.14. The number of sulfonamides is 1. The minimum Gasteiger partial charge on any atom is -0.495 e. The average molecular weight is 318 g/mol. The van der Waals surface area contributed by atoms with E-state index in [0.29, 0.717) is 0 Å². The number of nitro benzene ring substituents is 1. The van der Waals surface area contributed by atoms with E-state index in [1.807, 2.05) is 0 Å². The molecule has 0 saturated carbocycles. The topological polar surface area (TPSA) is 130 Å². The minimum atomic E-state index is -4.12. The van der Waals surface area contributed by atoms with Crippen molar-refractivity contribution < 1.29 is 28.3 Å². The summed E-state index contributed by atoms with van der Waals surface area (Å²) in [4.78, 5) is 9.69. The molecule has 21 heavy (non-hydrogen) atoms. The summed E-state index contributed by atoms with van der Waals surface area (Å²) in [6, 6.07) is 3.21. The first-order valence-electron chi connectivity index (χ1n) is 5.96. The van der Waals surface area contributed by atoms with E-state index in [0.717, 1.165) is 16.4 Å². The van der Waals surface area contributed by atoms with Gasteiger partial charge in [0.1, 0.15) is 10.6 Å². The lowest BCUT2D eigenvalue weighted by Gasteiger charge is -2.17. The summed E-state index contributed by atoms with van der Waals surface area (Å²) in [6.07, 6.45) is -2.38. The van der Waals surface area contributed by atoms with Gasteiger partial charge in [-0.25, -0.2) is 8.42 Å². The number of non-ortho nitro benzene ring substituents is 1. The number of β-amino-alcohol motifs (C(OH)–C–C–N with tert-alkyl or cyclic N) is 2. The Labute approximate surface area is 120 Å². The molecule has 0 radical (unpaired) electrons. The fourth-order valence-corrected chi connectivity index (χ4v) is 3.70. The van der Waals surface area contributed by atoms with Gasteiger partial charge in [0.2, 0.25) is 10.0 Å². The Morgan fingerprint density at radius 1 is 1.33 bits per heavy atom. The van der Waals surface area contributed by atoms with Gasteiger partial charge < -0.3 is 14.9 Å². The van der Waals surface area contributed by atoms with Crippen molar-refractivity contribution in [2.45, 2.75) is 17.1 Å². The number of hydrogen-bond donors (Lipinski definition) is 2. The first-order valence-corrected chi connectivity index (χ1v) is 7.40. The summed E-state index contributed by atoms with van der Waals surface area (Å²) in [6.45, 7) is -0.565. The van der Waals surface area contributed by atoms with Crippen LogP contribution in [0.25, 0.3) is 0 Å². The maximum atomic E-state index is 12.5. The lowest BCUT2D eigenvalue weighted by molar-refractivity contribution is -0.385. The monoisotopic (exact) mass is 318 g/mol. The normalized spacial score (nSPS) is 23.2. The number of nitro groups is 1. The van der Waals surface area contributed by atoms with E-state index in [1.165, 1.54) is 13.2 Å². The second-order valence-corrected chi connectivity index (χ2v) is 6.46. The van der Waals surface area contributed by atoms with Crippen LogP contribution >= 0.6 is 0 Å². The molecule has 10 heteroatoms. The summed E-state index contributed by atoms with van der Waals surface area (Å²) in [7, 11) is -2.88. The number of hydrogen-bond acceptors (Lipinski definition) is 7. The molecular weight excluding hydrogens is 304 g/mol. The summed E-state index contributed by atoms with van der Waals surface area (Å²) in [5.41, 5.74) is -0.394. The third-order valence-electron chi connectivity index (χ3n) is 3.20. The number of aliphatic hydroxyl groups excluding tert-OH is 2. The molecule has 1 aliphatic rings. The summed E-state index contributed by atoms with van der Waals surface area (Å²) >= 11 is 0. The fraction of sp³-hybridized carbons (Fsp3) is 0.455. The Morgan fingerprint density at radius 2 is 1.90 bits per heavy atom. The second-order valence-electron chi connectivity index (χ2n) is 4.55. The minimum absolute atomic E-state index is 0.0449. The zero-order valence-electron chi connectivity index (χ0n) is 11.0. The first kappa shape index (κ1) is 15.6. The fourth-order valence-electron chi connectivity index (χ4n) is 2.05. The predicted octanol–water partition coefficient (Wildman–Crippen LogP) is -0.671. The van der Waals surface area contributed by atoms with Gasteiger partial charge in [0.05, 0.1) is 24.2 Å². The molecule has 2 atom stereocenters. The average Bonchev–Trinajstić information content (AvgIpc) is 2.78. The summed E-state index contributed by atoms with van der Waals surface area (Å²) < 4.78 is 30.8. The molecule has 0 spiro atoms. The molecule has 1 fully saturated rings. The SMILES string of the molecule is COc1ccc([N+](=O)[O-])cc1S(=O)(=O)N1C[C@@H](O)[C@@H](O)C1. The molecule has 2 N–H and O–H groups in total. The van der Waals surface area contributed by atoms with Crippen LogP contribution < -0.4 is 4.74 Å². The quantitative estimate of drug-likeness (QED) is 0.556. The van der Waals surface area contributed by atoms with E-state index in [-0.39, 0.29) is 23.7 Å². The van der Waals surface area contributed by atoms with Crippen LogP contribution in [0.5, 0.6) is 5.75 Å². The molecule has 1 aliphatic heterocycles. The van der Waals surface area contributed by atoms with Gasteiger partial charge in [0.15, 0.2) is 0 Å². The Morgan fingerprint density at radius 3 is 2.38 bits per heavy atom. The van der Waals surface area contributed by atoms with E-state index < -0.39 is 32.8 Å². The molecule has 1 aromatic carbocycles. The first-order chi connectivity index (χ1) is 9.77. The van der Waals surface area contributed by atoms with Crippen LogP contribution in [0.2, 0.25) is 0 Å². The van der Waals surface area contributed by atoms with Crippen LogP contribution in [-0.2, 0) is 10.0 Å². The molecule has 2 rings (SSSR count). The van der Waals surface area contributed by atoms with Crippen LogP contribution in [-0.4, -0.2) is 60.3 Å². The largest absolute Gasteiger partial charge is 0.495 e. The third kappa shape index (κ3) is 2.83. The van der Waals surface area contributed by atoms with Crippen LogP contribution in [0, 0.1) is 10.1 Å². The van der Waals surface area contributed by atoms with Crippen molar-refractivity contribution in [1.29, 1.82) is 0 Å². The highest BCUT2D eigenvalue weighted by molar-refractivity contribution is 7.89. The lowest BCUT2D eigenvalue weighted by atomic mass is 10.3. The van der Waals surface area contributed by atoms with Crippen LogP contribution in [0.4, 0.5) is 5.69 Å². The second kappa shape index (κ2) is 5.56. The molecule has 116 valence electrons. The molecule has 1 heterocycles. The van der Waals surface area contributed by atoms with Crippen molar-refractivity contribution in [3.8, 4) is 5.75 Å². The maximum Gasteiger partial charge on any atom is 0.271 e. The molecular formula is C11H14N2O7S. The van der Waals surface area contributed by atoms with Crippen molar-refractivity contribution in [3.63, 3.8) is 0 Å². The number of nitrogens with zero attached hydrogens (tertiary/aromatic N) is 2. The van der Waals surface area contributed by atoms with Crippen LogP contribution in [0.15, 0.2) is 23.1 Å². The molecule has 0 aliphatic carbocycles. The third-order valence-corrected chi connectivity index (χ3v) is 5.05. The molecule has 0 aromatic heterocycles. The van der Waals surface area contributed by atoms with Gasteiger partial charge in [-0.15, -0.1) is 0 Å². The molecule has 1 saturated heterocycles. The summed E-state index contributed by atoms with van der Waals surface area (Å²) in [5, 5.41) is 29.7. The van der Waals surface area contributed by atoms with E-state index in [2.05, 4.69) is 0 Å². The Bertz CT molecular complexity index is 651. The number of rotatable bonds is 4. The van der Waals surface area contributed by atoms with Crippen molar-refractivity contribution in [3.05, 3.63) is 28.3 Å². The number of ether oxygens (including phenoxy) is 1. The zero-order valence-corrected chi connectivity index (χ0v) is 11.9. The Balaban J connectivity index is 2.48. The standard InChI is InChI=1S/C11H14N2O7S/c1-20-10-3-2-7(13(16)17)4-11(10)21(18,19)12-5-8(14)9(15)6-12/h2-4,8-9,14-15H,5-6H2,1H3/t8-,9+. The van der Waals surface area contributed by atoms with Crippen molar-refractivity contribution in [1.82, 2.24) is 4.31 Å². The number of benzene rings is 1. The smallest absolute Gasteiger partial charge is 0.271 e. The van der Waals surface area contributed by atoms with E-state index in [1.54, 1.807) is 0 Å². The van der Waals surface area contributed by atoms with Gasteiger partial charge in [0.25, 0.3) is 5.69 Å². The maximum absolute atomic E-state index is 12.5. The van der Waals surface area contributed by atoms with E-state index in [9.17, 15) is 28.7 Å². The highest BCUT2D eigenvalue weighted by Crippen LogP contribution is 2.32. The van der Waals surface area contributed by atoms with Gasteiger partial charge in [-0.2, -0.15) is 4.31 Å². The number of aliphatic hydroxyl groups is 2. The Hall–Kier alpha value is -1.75. The van der Waals surface area contributed by atoms with E-state index in [4.69, 9.17) is 4.74 Å². The summed E-state index contributed by atoms with van der Waals surface area (Å²) in [5.74, 6) is -0.0449. The zero-order chi connectivity index (χ0) is 15.8. The van der Waals surface area contributed by atoms with E-state index >= 15 is 0 Å². The molecule has 9 nitrogen and oxygen atoms in total. The van der Waals surface area contributed by atoms with Crippen molar-refractivity contribution in [2.75, 3.05) is 20.2 Å². The number of methoxy groups -OCH3 is 1. The van der Waals surface area contributed by atoms with Crippen LogP contribution in [0.1, 0.15) is 0 Å². The van der Waals surface area contributed by atoms with Gasteiger partial charge >= 0.3 is 0 Å². The van der Waals surface area contributed by atoms with Crippen molar-refractivity contribution >= 4 is 15.7 Å². The lowest BCUT2D eigenvalue weighted by Crippen LogP contribution is -2.30. The van der Waals surface area contributed by atoms with Gasteiger partial charge in [0, 0.05) is 25.2 Å². The van der Waals surface area contributed by atoms with Crippen LogP contribution in [0.3, 0.4) is 0 Å². The molecule has 0 unspecified atom stereocenters. The molecule has 1 aromatic rings. The molecule has 0 bridgehead atoms. The van der Waals surface area contributed by atoms with Gasteiger partial charge in [-0.3, -0.25) is 10.1 Å². The highest BCUT2D eigenvalue weighted by atomic mass is 32.2. The highest BCUT2D eigenvalue weighted by Gasteiger charge is 2.39.